The molecule has 1 aliphatic carbocycles. The van der Waals surface area contributed by atoms with Crippen LogP contribution in [0, 0.1) is 5.92 Å². The number of carbonyl (C=O) groups is 1. The van der Waals surface area contributed by atoms with E-state index in [9.17, 15) is 4.79 Å². The monoisotopic (exact) mass is 209 g/mol. The molecule has 0 atom stereocenters. The van der Waals surface area contributed by atoms with Gasteiger partial charge in [0, 0.05) is 13.0 Å². The molecule has 1 aromatic rings. The summed E-state index contributed by atoms with van der Waals surface area (Å²) in [5, 5.41) is 8.01. The van der Waals surface area contributed by atoms with E-state index in [0.29, 0.717) is 12.6 Å². The largest absolute Gasteiger partial charge is 0.378 e. The smallest absolute Gasteiger partial charge is 0.133 e. The minimum absolute atomic E-state index is 0.227. The van der Waals surface area contributed by atoms with E-state index in [2.05, 4.69) is 10.3 Å². The van der Waals surface area contributed by atoms with Gasteiger partial charge in [-0.3, -0.25) is 4.79 Å². The Hall–Kier alpha value is -1.23. The highest BCUT2D eigenvalue weighted by Crippen LogP contribution is 2.37. The van der Waals surface area contributed by atoms with Crippen molar-refractivity contribution >= 4 is 5.78 Å². The Bertz CT molecular complexity index is 355. The number of hydrogen-bond acceptors (Lipinski definition) is 4. The first kappa shape index (κ1) is 10.3. The Kier molecular flexibility index (Phi) is 2.81. The molecule has 82 valence electrons. The summed E-state index contributed by atoms with van der Waals surface area (Å²) in [7, 11) is 1.63. The van der Waals surface area contributed by atoms with Crippen LogP contribution in [0.25, 0.3) is 0 Å². The molecule has 0 bridgehead atoms. The van der Waals surface area contributed by atoms with Gasteiger partial charge in [-0.15, -0.1) is 5.10 Å². The van der Waals surface area contributed by atoms with Crippen LogP contribution in [0.2, 0.25) is 0 Å². The summed E-state index contributed by atoms with van der Waals surface area (Å²) in [6.45, 7) is 2.14. The number of methoxy groups -OCH3 is 1. The lowest BCUT2D eigenvalue weighted by Crippen LogP contribution is -2.31. The number of Topliss-reactive ketones (excluding diaryl/α,β-unsaturated/α-hetero) is 1. The average molecular weight is 209 g/mol. The first-order valence-electron chi connectivity index (χ1n) is 5.10. The van der Waals surface area contributed by atoms with Crippen LogP contribution in [0.1, 0.15) is 31.5 Å². The van der Waals surface area contributed by atoms with Crippen molar-refractivity contribution in [1.82, 2.24) is 15.0 Å². The summed E-state index contributed by atoms with van der Waals surface area (Å²) in [5.74, 6) is 0.508. The summed E-state index contributed by atoms with van der Waals surface area (Å²) < 4.78 is 6.80. The quantitative estimate of drug-likeness (QED) is 0.741. The van der Waals surface area contributed by atoms with E-state index in [0.717, 1.165) is 18.5 Å². The van der Waals surface area contributed by atoms with Gasteiger partial charge in [0.05, 0.1) is 18.8 Å². The Labute approximate surface area is 88.4 Å². The molecule has 5 nitrogen and oxygen atoms in total. The molecule has 15 heavy (non-hydrogen) atoms. The Morgan fingerprint density at radius 3 is 3.00 bits per heavy atom. The molecule has 1 saturated carbocycles. The maximum atomic E-state index is 11.0. The van der Waals surface area contributed by atoms with Gasteiger partial charge in [-0.1, -0.05) is 5.21 Å². The fourth-order valence-corrected chi connectivity index (χ4v) is 1.84. The van der Waals surface area contributed by atoms with Crippen molar-refractivity contribution in [3.05, 3.63) is 11.9 Å². The molecule has 0 unspecified atom stereocenters. The number of ketones is 1. The molecule has 0 aromatic carbocycles. The number of ether oxygens (including phenoxy) is 1. The number of rotatable bonds is 4. The van der Waals surface area contributed by atoms with E-state index in [1.54, 1.807) is 14.0 Å². The summed E-state index contributed by atoms with van der Waals surface area (Å²) >= 11 is 0. The molecular formula is C10H15N3O2. The third kappa shape index (κ3) is 2.07. The second kappa shape index (κ2) is 4.10. The standard InChI is InChI=1S/C10H15N3O2/c1-7(14)8-3-10(4-8)13-5-9(6-15-2)11-12-13/h5,8,10H,3-4,6H2,1-2H3. The van der Waals surface area contributed by atoms with E-state index in [1.165, 1.54) is 0 Å². The molecule has 0 spiro atoms. The highest BCUT2D eigenvalue weighted by Gasteiger charge is 2.34. The van der Waals surface area contributed by atoms with Crippen molar-refractivity contribution in [2.45, 2.75) is 32.4 Å². The van der Waals surface area contributed by atoms with Gasteiger partial charge in [0.15, 0.2) is 0 Å². The molecule has 0 N–H and O–H groups in total. The van der Waals surface area contributed by atoms with Crippen molar-refractivity contribution < 1.29 is 9.53 Å². The minimum Gasteiger partial charge on any atom is -0.378 e. The lowest BCUT2D eigenvalue weighted by Gasteiger charge is -2.33. The number of nitrogens with zero attached hydrogens (tertiary/aromatic N) is 3. The summed E-state index contributed by atoms with van der Waals surface area (Å²) in [6.07, 6.45) is 3.68. The van der Waals surface area contributed by atoms with Crippen LogP contribution in [0.15, 0.2) is 6.20 Å². The third-order valence-electron chi connectivity index (χ3n) is 2.91. The van der Waals surface area contributed by atoms with Gasteiger partial charge in [-0.25, -0.2) is 4.68 Å². The summed E-state index contributed by atoms with van der Waals surface area (Å²) in [6, 6.07) is 0.344. The number of aromatic nitrogens is 3. The molecule has 0 amide bonds. The van der Waals surface area contributed by atoms with Gasteiger partial charge in [0.25, 0.3) is 0 Å². The van der Waals surface area contributed by atoms with Crippen molar-refractivity contribution in [2.75, 3.05) is 7.11 Å². The van der Waals surface area contributed by atoms with Crippen LogP contribution < -0.4 is 0 Å². The molecule has 5 heteroatoms. The van der Waals surface area contributed by atoms with Gasteiger partial charge in [0.2, 0.25) is 0 Å². The maximum Gasteiger partial charge on any atom is 0.133 e. The zero-order chi connectivity index (χ0) is 10.8. The molecule has 1 heterocycles. The van der Waals surface area contributed by atoms with Crippen molar-refractivity contribution in [1.29, 1.82) is 0 Å². The number of carbonyl (C=O) groups excluding carboxylic acids is 1. The molecular weight excluding hydrogens is 194 g/mol. The number of hydrogen-bond donors (Lipinski definition) is 0. The fraction of sp³-hybridized carbons (Fsp3) is 0.700. The Morgan fingerprint density at radius 2 is 2.40 bits per heavy atom. The predicted molar refractivity (Wildman–Crippen MR) is 53.2 cm³/mol. The Morgan fingerprint density at radius 1 is 1.67 bits per heavy atom. The predicted octanol–water partition coefficient (Wildman–Crippen LogP) is 0.965. The van der Waals surface area contributed by atoms with Crippen LogP contribution >= 0.6 is 0 Å². The van der Waals surface area contributed by atoms with Crippen LogP contribution in [-0.4, -0.2) is 27.9 Å². The molecule has 0 saturated heterocycles. The van der Waals surface area contributed by atoms with Crippen molar-refractivity contribution in [3.63, 3.8) is 0 Å². The summed E-state index contributed by atoms with van der Waals surface area (Å²) in [4.78, 5) is 11.0. The second-order valence-corrected chi connectivity index (χ2v) is 4.06. The third-order valence-corrected chi connectivity index (χ3v) is 2.91. The van der Waals surface area contributed by atoms with Gasteiger partial charge in [-0.2, -0.15) is 0 Å². The van der Waals surface area contributed by atoms with Gasteiger partial charge < -0.3 is 4.74 Å². The lowest BCUT2D eigenvalue weighted by atomic mass is 9.78. The molecule has 1 aromatic heterocycles. The zero-order valence-electron chi connectivity index (χ0n) is 9.01. The lowest BCUT2D eigenvalue weighted by molar-refractivity contribution is -0.124. The van der Waals surface area contributed by atoms with Crippen LogP contribution in [0.5, 0.6) is 0 Å². The fourth-order valence-electron chi connectivity index (χ4n) is 1.84. The van der Waals surface area contributed by atoms with E-state index in [-0.39, 0.29) is 11.7 Å². The van der Waals surface area contributed by atoms with E-state index in [4.69, 9.17) is 4.74 Å². The summed E-state index contributed by atoms with van der Waals surface area (Å²) in [5.41, 5.74) is 0.837. The Balaban J connectivity index is 1.92. The molecule has 1 aliphatic rings. The van der Waals surface area contributed by atoms with Gasteiger partial charge in [-0.05, 0) is 19.8 Å². The maximum absolute atomic E-state index is 11.0. The van der Waals surface area contributed by atoms with Crippen LogP contribution in [0.4, 0.5) is 0 Å². The van der Waals surface area contributed by atoms with E-state index >= 15 is 0 Å². The average Bonchev–Trinajstić information content (AvgIpc) is 2.50. The molecule has 1 fully saturated rings. The van der Waals surface area contributed by atoms with Crippen LogP contribution in [0.3, 0.4) is 0 Å². The van der Waals surface area contributed by atoms with Crippen molar-refractivity contribution in [3.8, 4) is 0 Å². The first-order chi connectivity index (χ1) is 7.20. The van der Waals surface area contributed by atoms with Gasteiger partial charge >= 0.3 is 0 Å². The molecule has 0 radical (unpaired) electrons. The molecule has 2 rings (SSSR count). The second-order valence-electron chi connectivity index (χ2n) is 4.06. The van der Waals surface area contributed by atoms with E-state index in [1.807, 2.05) is 10.9 Å². The molecule has 0 aliphatic heterocycles. The highest BCUT2D eigenvalue weighted by atomic mass is 16.5. The van der Waals surface area contributed by atoms with Crippen LogP contribution in [-0.2, 0) is 16.1 Å². The zero-order valence-corrected chi connectivity index (χ0v) is 9.01. The van der Waals surface area contributed by atoms with E-state index < -0.39 is 0 Å². The van der Waals surface area contributed by atoms with Gasteiger partial charge in [0.1, 0.15) is 11.5 Å². The topological polar surface area (TPSA) is 57.0 Å². The van der Waals surface area contributed by atoms with Crippen molar-refractivity contribution in [2.24, 2.45) is 5.92 Å². The minimum atomic E-state index is 0.227. The highest BCUT2D eigenvalue weighted by molar-refractivity contribution is 5.79. The SMILES string of the molecule is COCc1cn(C2CC(C(C)=O)C2)nn1. The normalized spacial score (nSPS) is 24.9. The first-order valence-corrected chi connectivity index (χ1v) is 5.10.